The summed E-state index contributed by atoms with van der Waals surface area (Å²) < 4.78 is 26.9. The van der Waals surface area contributed by atoms with Crippen molar-refractivity contribution in [3.8, 4) is 0 Å². The summed E-state index contributed by atoms with van der Waals surface area (Å²) in [5.74, 6) is 0.463. The summed E-state index contributed by atoms with van der Waals surface area (Å²) in [6.45, 7) is 1.91. The number of imidazole rings is 1. The van der Waals surface area contributed by atoms with Gasteiger partial charge < -0.3 is 4.98 Å². The predicted octanol–water partition coefficient (Wildman–Crippen LogP) is 2.26. The van der Waals surface area contributed by atoms with Crippen molar-refractivity contribution in [2.75, 3.05) is 0 Å². The summed E-state index contributed by atoms with van der Waals surface area (Å²) in [5.41, 5.74) is 2.34. The number of rotatable bonds is 5. The van der Waals surface area contributed by atoms with Crippen LogP contribution < -0.4 is 4.72 Å². The average Bonchev–Trinajstić information content (AvgIpc) is 2.95. The molecule has 2 aromatic carbocycles. The molecule has 2 N–H and O–H groups in total. The average molecular weight is 346 g/mol. The molecule has 0 radical (unpaired) electrons. The van der Waals surface area contributed by atoms with Crippen LogP contribution in [-0.4, -0.2) is 23.3 Å². The van der Waals surface area contributed by atoms with Crippen molar-refractivity contribution in [1.82, 2.24) is 14.7 Å². The molecule has 3 aromatic rings. The van der Waals surface area contributed by atoms with Crippen LogP contribution in [-0.2, 0) is 16.6 Å². The van der Waals surface area contributed by atoms with E-state index in [-0.39, 0.29) is 17.1 Å². The van der Waals surface area contributed by atoms with Gasteiger partial charge in [-0.2, -0.15) is 0 Å². The maximum Gasteiger partial charge on any atom is 0.270 e. The lowest BCUT2D eigenvalue weighted by molar-refractivity contribution is -0.385. The van der Waals surface area contributed by atoms with Crippen molar-refractivity contribution in [2.45, 2.75) is 18.4 Å². The molecule has 0 aliphatic rings. The van der Waals surface area contributed by atoms with Gasteiger partial charge in [0.25, 0.3) is 5.69 Å². The van der Waals surface area contributed by atoms with E-state index in [1.165, 1.54) is 18.2 Å². The third kappa shape index (κ3) is 3.26. The van der Waals surface area contributed by atoms with E-state index in [0.29, 0.717) is 5.82 Å². The molecular weight excluding hydrogens is 332 g/mol. The third-order valence-electron chi connectivity index (χ3n) is 3.45. The van der Waals surface area contributed by atoms with Gasteiger partial charge in [-0.05, 0) is 30.7 Å². The highest BCUT2D eigenvalue weighted by Gasteiger charge is 2.18. The van der Waals surface area contributed by atoms with Gasteiger partial charge in [0.15, 0.2) is 0 Å². The van der Waals surface area contributed by atoms with E-state index in [1.807, 2.05) is 25.1 Å². The van der Waals surface area contributed by atoms with Crippen molar-refractivity contribution in [3.05, 3.63) is 64.0 Å². The van der Waals surface area contributed by atoms with Crippen LogP contribution in [0.2, 0.25) is 0 Å². The molecule has 0 atom stereocenters. The highest BCUT2D eigenvalue weighted by atomic mass is 32.2. The largest absolute Gasteiger partial charge is 0.341 e. The minimum atomic E-state index is -3.87. The van der Waals surface area contributed by atoms with Gasteiger partial charge in [0.1, 0.15) is 5.82 Å². The Labute approximate surface area is 137 Å². The second-order valence-corrected chi connectivity index (χ2v) is 7.05. The molecule has 0 fully saturated rings. The Morgan fingerprint density at radius 1 is 1.25 bits per heavy atom. The maximum absolute atomic E-state index is 12.3. The minimum absolute atomic E-state index is 0.0429. The van der Waals surface area contributed by atoms with E-state index in [4.69, 9.17) is 0 Å². The molecule has 24 heavy (non-hydrogen) atoms. The molecule has 1 heterocycles. The lowest BCUT2D eigenvalue weighted by atomic mass is 10.2. The first-order chi connectivity index (χ1) is 11.3. The first-order valence-electron chi connectivity index (χ1n) is 7.04. The van der Waals surface area contributed by atoms with Crippen LogP contribution in [0.4, 0.5) is 5.69 Å². The Hall–Kier alpha value is -2.78. The molecule has 1 aromatic heterocycles. The lowest BCUT2D eigenvalue weighted by Gasteiger charge is -2.05. The summed E-state index contributed by atoms with van der Waals surface area (Å²) in [4.78, 5) is 17.3. The smallest absolute Gasteiger partial charge is 0.270 e. The van der Waals surface area contributed by atoms with Crippen molar-refractivity contribution < 1.29 is 13.3 Å². The van der Waals surface area contributed by atoms with E-state index < -0.39 is 14.9 Å². The number of aryl methyl sites for hydroxylation is 1. The Morgan fingerprint density at radius 2 is 2.04 bits per heavy atom. The fraction of sp³-hybridized carbons (Fsp3) is 0.133. The molecule has 3 rings (SSSR count). The number of hydrogen-bond donors (Lipinski definition) is 2. The molecule has 0 saturated carbocycles. The van der Waals surface area contributed by atoms with Crippen molar-refractivity contribution in [1.29, 1.82) is 0 Å². The molecular formula is C15H14N4O4S. The van der Waals surface area contributed by atoms with E-state index in [1.54, 1.807) is 0 Å². The van der Waals surface area contributed by atoms with Gasteiger partial charge in [-0.15, -0.1) is 0 Å². The SMILES string of the molecule is Cc1ccc2nc(CNS(=O)(=O)c3cccc([N+](=O)[O-])c3)[nH]c2c1. The van der Waals surface area contributed by atoms with Gasteiger partial charge in [0.2, 0.25) is 10.0 Å². The molecule has 9 heteroatoms. The summed E-state index contributed by atoms with van der Waals surface area (Å²) >= 11 is 0. The number of nitro groups is 1. The fourth-order valence-corrected chi connectivity index (χ4v) is 3.30. The molecule has 0 aliphatic carbocycles. The molecule has 0 aliphatic heterocycles. The number of benzene rings is 2. The Balaban J connectivity index is 1.81. The summed E-state index contributed by atoms with van der Waals surface area (Å²) in [7, 11) is -3.87. The highest BCUT2D eigenvalue weighted by Crippen LogP contribution is 2.18. The first-order valence-corrected chi connectivity index (χ1v) is 8.53. The number of aromatic nitrogens is 2. The van der Waals surface area contributed by atoms with Gasteiger partial charge in [-0.25, -0.2) is 18.1 Å². The van der Waals surface area contributed by atoms with Crippen LogP contribution in [0.3, 0.4) is 0 Å². The number of nitrogens with zero attached hydrogens (tertiary/aromatic N) is 2. The van der Waals surface area contributed by atoms with Gasteiger partial charge in [-0.3, -0.25) is 10.1 Å². The van der Waals surface area contributed by atoms with Gasteiger partial charge in [0, 0.05) is 12.1 Å². The second-order valence-electron chi connectivity index (χ2n) is 5.28. The number of non-ortho nitro benzene ring substituents is 1. The highest BCUT2D eigenvalue weighted by molar-refractivity contribution is 7.89. The van der Waals surface area contributed by atoms with Gasteiger partial charge >= 0.3 is 0 Å². The van der Waals surface area contributed by atoms with E-state index in [0.717, 1.165) is 22.7 Å². The maximum atomic E-state index is 12.3. The zero-order chi connectivity index (χ0) is 17.3. The number of nitrogens with one attached hydrogen (secondary N) is 2. The third-order valence-corrected chi connectivity index (χ3v) is 4.85. The predicted molar refractivity (Wildman–Crippen MR) is 88.0 cm³/mol. The van der Waals surface area contributed by atoms with Crippen LogP contribution in [0.15, 0.2) is 47.4 Å². The Bertz CT molecular complexity index is 1030. The standard InChI is InChI=1S/C15H14N4O4S/c1-10-5-6-13-14(7-10)18-15(17-13)9-16-24(22,23)12-4-2-3-11(8-12)19(20)21/h2-8,16H,9H2,1H3,(H,17,18). The number of fused-ring (bicyclic) bond motifs is 1. The van der Waals surface area contributed by atoms with Crippen molar-refractivity contribution in [3.63, 3.8) is 0 Å². The lowest BCUT2D eigenvalue weighted by Crippen LogP contribution is -2.23. The van der Waals surface area contributed by atoms with Crippen LogP contribution in [0.1, 0.15) is 11.4 Å². The summed E-state index contributed by atoms with van der Waals surface area (Å²) in [6, 6.07) is 10.6. The molecule has 0 unspecified atom stereocenters. The van der Waals surface area contributed by atoms with E-state index in [9.17, 15) is 18.5 Å². The van der Waals surface area contributed by atoms with Crippen molar-refractivity contribution in [2.24, 2.45) is 0 Å². The topological polar surface area (TPSA) is 118 Å². The van der Waals surface area contributed by atoms with Gasteiger partial charge in [-0.1, -0.05) is 12.1 Å². The van der Waals surface area contributed by atoms with Crippen LogP contribution >= 0.6 is 0 Å². The zero-order valence-corrected chi connectivity index (χ0v) is 13.5. The fourth-order valence-electron chi connectivity index (χ4n) is 2.27. The number of sulfonamides is 1. The first kappa shape index (κ1) is 16.1. The second kappa shape index (κ2) is 6.02. The molecule has 124 valence electrons. The quantitative estimate of drug-likeness (QED) is 0.542. The minimum Gasteiger partial charge on any atom is -0.341 e. The normalized spacial score (nSPS) is 11.7. The summed E-state index contributed by atoms with van der Waals surface area (Å²) in [5, 5.41) is 10.8. The van der Waals surface area contributed by atoms with E-state index >= 15 is 0 Å². The number of nitro benzene ring substituents is 1. The molecule has 0 bridgehead atoms. The number of aromatic amines is 1. The molecule has 8 nitrogen and oxygen atoms in total. The summed E-state index contributed by atoms with van der Waals surface area (Å²) in [6.07, 6.45) is 0. The van der Waals surface area contributed by atoms with Crippen LogP contribution in [0, 0.1) is 17.0 Å². The molecule has 0 amide bonds. The monoisotopic (exact) mass is 346 g/mol. The van der Waals surface area contributed by atoms with Crippen LogP contribution in [0.25, 0.3) is 11.0 Å². The van der Waals surface area contributed by atoms with Crippen molar-refractivity contribution >= 4 is 26.7 Å². The molecule has 0 spiro atoms. The Morgan fingerprint density at radius 3 is 2.79 bits per heavy atom. The van der Waals surface area contributed by atoms with Gasteiger partial charge in [0.05, 0.1) is 27.4 Å². The Kier molecular flexibility index (Phi) is 4.04. The van der Waals surface area contributed by atoms with E-state index in [2.05, 4.69) is 14.7 Å². The zero-order valence-electron chi connectivity index (χ0n) is 12.7. The number of hydrogen-bond acceptors (Lipinski definition) is 5. The van der Waals surface area contributed by atoms with Crippen LogP contribution in [0.5, 0.6) is 0 Å². The number of H-pyrrole nitrogens is 1. The molecule has 0 saturated heterocycles.